The van der Waals surface area contributed by atoms with Crippen molar-refractivity contribution in [2.24, 2.45) is 5.73 Å². The molecule has 3 heteroatoms. The van der Waals surface area contributed by atoms with E-state index in [1.807, 2.05) is 24.3 Å². The second-order valence-corrected chi connectivity index (χ2v) is 4.85. The summed E-state index contributed by atoms with van der Waals surface area (Å²) in [6.45, 7) is 3.59. The summed E-state index contributed by atoms with van der Waals surface area (Å²) in [5.74, 6) is 0.904. The van der Waals surface area contributed by atoms with Gasteiger partial charge in [0.2, 0.25) is 0 Å². The lowest BCUT2D eigenvalue weighted by atomic mass is 10.0. The third-order valence-corrected chi connectivity index (χ3v) is 3.46. The molecular formula is C15H23NO2. The molecule has 1 aromatic rings. The highest BCUT2D eigenvalue weighted by Crippen LogP contribution is 2.26. The molecule has 0 spiro atoms. The standard InChI is InChI=1S/C15H23NO2/c1-2-14(16)13-8-3-4-9-15(13)18-11-12-7-5-6-10-17-12/h3-4,8-9,12,14H,2,5-7,10-11,16H2,1H3. The van der Waals surface area contributed by atoms with Crippen molar-refractivity contribution >= 4 is 0 Å². The number of nitrogens with two attached hydrogens (primary N) is 1. The zero-order valence-electron chi connectivity index (χ0n) is 11.1. The summed E-state index contributed by atoms with van der Waals surface area (Å²) in [7, 11) is 0. The Bertz CT molecular complexity index is 361. The first-order valence-corrected chi connectivity index (χ1v) is 6.90. The molecule has 0 aromatic heterocycles. The predicted octanol–water partition coefficient (Wildman–Crippen LogP) is 3.04. The topological polar surface area (TPSA) is 44.5 Å². The van der Waals surface area contributed by atoms with E-state index < -0.39 is 0 Å². The highest BCUT2D eigenvalue weighted by molar-refractivity contribution is 5.35. The van der Waals surface area contributed by atoms with Crippen LogP contribution in [0.15, 0.2) is 24.3 Å². The van der Waals surface area contributed by atoms with Crippen LogP contribution in [0.25, 0.3) is 0 Å². The molecule has 18 heavy (non-hydrogen) atoms. The van der Waals surface area contributed by atoms with Gasteiger partial charge >= 0.3 is 0 Å². The molecule has 1 saturated heterocycles. The summed E-state index contributed by atoms with van der Waals surface area (Å²) >= 11 is 0. The van der Waals surface area contributed by atoms with Crippen molar-refractivity contribution in [3.8, 4) is 5.75 Å². The molecule has 0 radical (unpaired) electrons. The van der Waals surface area contributed by atoms with Crippen LogP contribution < -0.4 is 10.5 Å². The van der Waals surface area contributed by atoms with Crippen LogP contribution in [-0.4, -0.2) is 19.3 Å². The minimum Gasteiger partial charge on any atom is -0.491 e. The van der Waals surface area contributed by atoms with Crippen molar-refractivity contribution < 1.29 is 9.47 Å². The van der Waals surface area contributed by atoms with E-state index in [1.165, 1.54) is 12.8 Å². The van der Waals surface area contributed by atoms with E-state index in [4.69, 9.17) is 15.2 Å². The summed E-state index contributed by atoms with van der Waals surface area (Å²) < 4.78 is 11.6. The van der Waals surface area contributed by atoms with E-state index in [0.717, 1.165) is 30.8 Å². The summed E-state index contributed by atoms with van der Waals surface area (Å²) in [6, 6.07) is 8.09. The van der Waals surface area contributed by atoms with E-state index in [-0.39, 0.29) is 12.1 Å². The largest absolute Gasteiger partial charge is 0.491 e. The molecule has 0 amide bonds. The van der Waals surface area contributed by atoms with Crippen LogP contribution in [0.4, 0.5) is 0 Å². The molecule has 3 nitrogen and oxygen atoms in total. The quantitative estimate of drug-likeness (QED) is 0.872. The maximum absolute atomic E-state index is 6.09. The molecular weight excluding hydrogens is 226 g/mol. The third-order valence-electron chi connectivity index (χ3n) is 3.46. The summed E-state index contributed by atoms with van der Waals surface area (Å²) in [5.41, 5.74) is 7.19. The van der Waals surface area contributed by atoms with Crippen LogP contribution in [0.3, 0.4) is 0 Å². The van der Waals surface area contributed by atoms with Crippen molar-refractivity contribution in [1.82, 2.24) is 0 Å². The van der Waals surface area contributed by atoms with E-state index in [1.54, 1.807) is 0 Å². The van der Waals surface area contributed by atoms with Gasteiger partial charge < -0.3 is 15.2 Å². The van der Waals surface area contributed by atoms with Gasteiger partial charge in [-0.15, -0.1) is 0 Å². The summed E-state index contributed by atoms with van der Waals surface area (Å²) in [6.07, 6.45) is 4.67. The molecule has 2 N–H and O–H groups in total. The number of hydrogen-bond acceptors (Lipinski definition) is 3. The van der Waals surface area contributed by atoms with Crippen molar-refractivity contribution in [3.63, 3.8) is 0 Å². The van der Waals surface area contributed by atoms with Gasteiger partial charge in [-0.1, -0.05) is 25.1 Å². The lowest BCUT2D eigenvalue weighted by Crippen LogP contribution is -2.26. The average Bonchev–Trinajstić information content (AvgIpc) is 2.45. The van der Waals surface area contributed by atoms with Gasteiger partial charge in [-0.25, -0.2) is 0 Å². The number of benzene rings is 1. The van der Waals surface area contributed by atoms with Crippen LogP contribution in [-0.2, 0) is 4.74 Å². The average molecular weight is 249 g/mol. The number of rotatable bonds is 5. The third kappa shape index (κ3) is 3.47. The highest BCUT2D eigenvalue weighted by atomic mass is 16.5. The number of hydrogen-bond donors (Lipinski definition) is 1. The van der Waals surface area contributed by atoms with Crippen LogP contribution >= 0.6 is 0 Å². The fourth-order valence-corrected chi connectivity index (χ4v) is 2.26. The molecule has 1 aliphatic heterocycles. The molecule has 0 aliphatic carbocycles. The first-order valence-electron chi connectivity index (χ1n) is 6.90. The van der Waals surface area contributed by atoms with Gasteiger partial charge in [0.05, 0.1) is 6.10 Å². The molecule has 1 fully saturated rings. The molecule has 1 aliphatic rings. The molecule has 100 valence electrons. The first-order chi connectivity index (χ1) is 8.81. The van der Waals surface area contributed by atoms with Gasteiger partial charge in [0.1, 0.15) is 12.4 Å². The normalized spacial score (nSPS) is 21.6. The minimum atomic E-state index is 0.0495. The van der Waals surface area contributed by atoms with Crippen LogP contribution in [0.1, 0.15) is 44.2 Å². The fourth-order valence-electron chi connectivity index (χ4n) is 2.26. The van der Waals surface area contributed by atoms with Crippen LogP contribution in [0, 0.1) is 0 Å². The smallest absolute Gasteiger partial charge is 0.124 e. The highest BCUT2D eigenvalue weighted by Gasteiger charge is 2.16. The van der Waals surface area contributed by atoms with E-state index in [0.29, 0.717) is 6.61 Å². The Hall–Kier alpha value is -1.06. The Kier molecular flexibility index (Phi) is 5.02. The monoisotopic (exact) mass is 249 g/mol. The van der Waals surface area contributed by atoms with Gasteiger partial charge in [-0.2, -0.15) is 0 Å². The summed E-state index contributed by atoms with van der Waals surface area (Å²) in [4.78, 5) is 0. The van der Waals surface area contributed by atoms with Gasteiger partial charge in [0.15, 0.2) is 0 Å². The van der Waals surface area contributed by atoms with E-state index in [2.05, 4.69) is 6.92 Å². The predicted molar refractivity (Wildman–Crippen MR) is 72.7 cm³/mol. The van der Waals surface area contributed by atoms with Gasteiger partial charge in [0, 0.05) is 18.2 Å². The maximum Gasteiger partial charge on any atom is 0.124 e. The Labute approximate surface area is 109 Å². The molecule has 2 atom stereocenters. The Balaban J connectivity index is 1.95. The Morgan fingerprint density at radius 2 is 2.22 bits per heavy atom. The van der Waals surface area contributed by atoms with Gasteiger partial charge in [0.25, 0.3) is 0 Å². The SMILES string of the molecule is CCC(N)c1ccccc1OCC1CCCCO1. The Morgan fingerprint density at radius 3 is 2.94 bits per heavy atom. The fraction of sp³-hybridized carbons (Fsp3) is 0.600. The molecule has 2 rings (SSSR count). The van der Waals surface area contributed by atoms with Crippen molar-refractivity contribution in [3.05, 3.63) is 29.8 Å². The number of para-hydroxylation sites is 1. The van der Waals surface area contributed by atoms with Crippen molar-refractivity contribution in [2.45, 2.75) is 44.8 Å². The molecule has 0 saturated carbocycles. The summed E-state index contributed by atoms with van der Waals surface area (Å²) in [5, 5.41) is 0. The van der Waals surface area contributed by atoms with Gasteiger partial charge in [-0.05, 0) is 31.7 Å². The Morgan fingerprint density at radius 1 is 1.39 bits per heavy atom. The second kappa shape index (κ2) is 6.76. The molecule has 0 bridgehead atoms. The van der Waals surface area contributed by atoms with E-state index >= 15 is 0 Å². The lowest BCUT2D eigenvalue weighted by Gasteiger charge is -2.24. The zero-order chi connectivity index (χ0) is 12.8. The van der Waals surface area contributed by atoms with Crippen LogP contribution in [0.2, 0.25) is 0 Å². The van der Waals surface area contributed by atoms with Crippen molar-refractivity contribution in [1.29, 1.82) is 0 Å². The van der Waals surface area contributed by atoms with Crippen LogP contribution in [0.5, 0.6) is 5.75 Å². The molecule has 2 unspecified atom stereocenters. The molecule has 1 aromatic carbocycles. The second-order valence-electron chi connectivity index (χ2n) is 4.85. The first kappa shape index (κ1) is 13.4. The lowest BCUT2D eigenvalue weighted by molar-refractivity contribution is -0.0113. The van der Waals surface area contributed by atoms with Gasteiger partial charge in [-0.3, -0.25) is 0 Å². The number of ether oxygens (including phenoxy) is 2. The van der Waals surface area contributed by atoms with E-state index in [9.17, 15) is 0 Å². The minimum absolute atomic E-state index is 0.0495. The zero-order valence-corrected chi connectivity index (χ0v) is 11.1. The molecule has 1 heterocycles. The maximum atomic E-state index is 6.09. The van der Waals surface area contributed by atoms with Crippen molar-refractivity contribution in [2.75, 3.05) is 13.2 Å².